The first-order valence-electron chi connectivity index (χ1n) is 15.8. The van der Waals surface area contributed by atoms with Gasteiger partial charge in [0.15, 0.2) is 29.7 Å². The molecule has 0 atom stereocenters. The van der Waals surface area contributed by atoms with Gasteiger partial charge in [-0.15, -0.1) is 17.0 Å². The van der Waals surface area contributed by atoms with Crippen molar-refractivity contribution in [1.29, 1.82) is 0 Å². The van der Waals surface area contributed by atoms with Crippen molar-refractivity contribution in [1.82, 2.24) is 21.3 Å². The van der Waals surface area contributed by atoms with Crippen molar-refractivity contribution in [3.05, 3.63) is 24.3 Å². The Labute approximate surface area is 317 Å². The van der Waals surface area contributed by atoms with Gasteiger partial charge in [-0.25, -0.2) is 0 Å². The molecule has 0 spiro atoms. The van der Waals surface area contributed by atoms with Crippen LogP contribution in [0.2, 0.25) is 38.3 Å². The molecule has 0 aromatic heterocycles. The van der Waals surface area contributed by atoms with E-state index in [1.54, 1.807) is 13.8 Å². The summed E-state index contributed by atoms with van der Waals surface area (Å²) in [4.78, 5) is 48.3. The Kier molecular flexibility index (Phi) is 30.9. The van der Waals surface area contributed by atoms with Gasteiger partial charge in [0.25, 0.3) is 11.8 Å². The maximum absolute atomic E-state index is 12.5. The zero-order chi connectivity index (χ0) is 34.2. The molecule has 0 fully saturated rings. The third-order valence-corrected chi connectivity index (χ3v) is 14.8. The van der Waals surface area contributed by atoms with Crippen molar-refractivity contribution in [2.45, 2.75) is 86.2 Å². The predicted octanol–water partition coefficient (Wildman–Crippen LogP) is 1.21. The number of quaternary nitrogens is 2. The van der Waals surface area contributed by atoms with Crippen molar-refractivity contribution >= 4 is 57.2 Å². The highest BCUT2D eigenvalue weighted by Gasteiger charge is 2.32. The van der Waals surface area contributed by atoms with E-state index in [0.717, 1.165) is 37.9 Å². The quantitative estimate of drug-likeness (QED) is 0.0533. The molecule has 0 radical (unpaired) electrons. The predicted molar refractivity (Wildman–Crippen MR) is 209 cm³/mol. The Morgan fingerprint density at radius 2 is 0.938 bits per heavy atom. The standard InChI is InChI=1S/C31H62N6O5Si2.2CH4.2BrH/c1-26(2)30(40)34-16-13-20-36(5,6)24-28(38)32-17-14-22-43(9,10)42-44(11,12)23-15-18-33-29(39)25-37(7,8)21-19-35-31(41)27(3)4;;;;/h1,3,13-25H2,2,4-12H3,(H2-2,32,33,34,35,38,39,40,41);2*1H4;2*1H/p+1. The third-order valence-electron chi connectivity index (χ3n) is 7.26. The van der Waals surface area contributed by atoms with E-state index < -0.39 is 16.6 Å². The van der Waals surface area contributed by atoms with E-state index in [9.17, 15) is 19.2 Å². The van der Waals surface area contributed by atoms with Crippen LogP contribution >= 0.6 is 17.0 Å². The maximum atomic E-state index is 12.5. The molecular weight excluding hydrogens is 776 g/mol. The van der Waals surface area contributed by atoms with E-state index in [1.165, 1.54) is 0 Å². The van der Waals surface area contributed by atoms with Gasteiger partial charge in [-0.2, -0.15) is 0 Å². The average Bonchev–Trinajstić information content (AvgIpc) is 2.85. The summed E-state index contributed by atoms with van der Waals surface area (Å²) in [5.41, 5.74) is 0.975. The number of nitrogens with zero attached hydrogens (tertiary/aromatic N) is 2. The molecule has 0 aliphatic carbocycles. The molecule has 0 aromatic rings. The molecule has 4 N–H and O–H groups in total. The van der Waals surface area contributed by atoms with Crippen LogP contribution in [0.25, 0.3) is 0 Å². The highest BCUT2D eigenvalue weighted by molar-refractivity contribution is 8.93. The SMILES string of the molecule is Br.C.C.C=C(C)C(=O)NCCC[N+](C)(C)CC(=O)NCCC[Si](C)(C)O[Si](C)(C)CCCNC(=O)C[N+](C)(C)CCNC(=O)C(=C)C.[Br-]. The summed E-state index contributed by atoms with van der Waals surface area (Å²) < 4.78 is 7.78. The summed E-state index contributed by atoms with van der Waals surface area (Å²) in [6, 6.07) is 1.94. The number of likely N-dealkylation sites (N-methyl/N-ethyl adjacent to an activating group) is 2. The normalized spacial score (nSPS) is 11.3. The van der Waals surface area contributed by atoms with Crippen molar-refractivity contribution in [2.24, 2.45) is 0 Å². The van der Waals surface area contributed by atoms with E-state index in [1.807, 2.05) is 28.2 Å². The largest absolute Gasteiger partial charge is 1.00 e. The number of amides is 4. The number of carbonyl (C=O) groups is 4. The van der Waals surface area contributed by atoms with Gasteiger partial charge < -0.3 is 51.3 Å². The first-order valence-corrected chi connectivity index (χ1v) is 22.0. The zero-order valence-corrected chi connectivity index (χ0v) is 35.6. The highest BCUT2D eigenvalue weighted by Crippen LogP contribution is 2.23. The molecule has 0 bridgehead atoms. The Morgan fingerprint density at radius 1 is 0.604 bits per heavy atom. The molecule has 15 heteroatoms. The lowest BCUT2D eigenvalue weighted by atomic mass is 10.3. The highest BCUT2D eigenvalue weighted by atomic mass is 79.9. The Balaban J connectivity index is -0.00000154. The van der Waals surface area contributed by atoms with Crippen LogP contribution in [0, 0.1) is 0 Å². The van der Waals surface area contributed by atoms with Crippen LogP contribution in [-0.2, 0) is 23.3 Å². The lowest BCUT2D eigenvalue weighted by molar-refractivity contribution is -0.882. The number of nitrogens with one attached hydrogen (secondary N) is 4. The smallest absolute Gasteiger partial charge is 0.275 e. The molecule has 0 aromatic carbocycles. The Hall–Kier alpha value is -1.37. The average molecular weight is 850 g/mol. The van der Waals surface area contributed by atoms with Gasteiger partial charge >= 0.3 is 0 Å². The maximum Gasteiger partial charge on any atom is 0.275 e. The van der Waals surface area contributed by atoms with Gasteiger partial charge in [-0.3, -0.25) is 19.2 Å². The molecule has 0 saturated carbocycles. The first kappa shape index (κ1) is 56.0. The molecule has 0 unspecified atom stereocenters. The molecule has 48 heavy (non-hydrogen) atoms. The summed E-state index contributed by atoms with van der Waals surface area (Å²) in [6.07, 6.45) is 2.55. The first-order chi connectivity index (χ1) is 20.1. The second-order valence-electron chi connectivity index (χ2n) is 14.6. The summed E-state index contributed by atoms with van der Waals surface area (Å²) >= 11 is 0. The van der Waals surface area contributed by atoms with Crippen LogP contribution in [0.4, 0.5) is 0 Å². The minimum atomic E-state index is -1.90. The van der Waals surface area contributed by atoms with Gasteiger partial charge in [0.2, 0.25) is 11.8 Å². The monoisotopic (exact) mass is 847 g/mol. The number of hydrogen-bond donors (Lipinski definition) is 4. The van der Waals surface area contributed by atoms with Crippen molar-refractivity contribution in [3.8, 4) is 0 Å². The Bertz CT molecular complexity index is 1010. The number of hydrogen-bond acceptors (Lipinski definition) is 5. The fraction of sp³-hybridized carbons (Fsp3) is 0.758. The van der Waals surface area contributed by atoms with Crippen LogP contribution in [0.15, 0.2) is 24.3 Å². The second kappa shape index (κ2) is 26.4. The molecule has 0 rings (SSSR count). The fourth-order valence-corrected chi connectivity index (χ4v) is 13.7. The molecule has 0 heterocycles. The summed E-state index contributed by atoms with van der Waals surface area (Å²) in [7, 11) is 4.21. The summed E-state index contributed by atoms with van der Waals surface area (Å²) in [5.74, 6) is -0.247. The Morgan fingerprint density at radius 3 is 1.31 bits per heavy atom. The van der Waals surface area contributed by atoms with Gasteiger partial charge in [-0.1, -0.05) is 28.0 Å². The van der Waals surface area contributed by atoms with E-state index in [2.05, 4.69) is 60.6 Å². The van der Waals surface area contributed by atoms with Crippen molar-refractivity contribution < 1.29 is 49.2 Å². The summed E-state index contributed by atoms with van der Waals surface area (Å²) in [6.45, 7) is 24.1. The van der Waals surface area contributed by atoms with Crippen LogP contribution < -0.4 is 38.2 Å². The van der Waals surface area contributed by atoms with Crippen LogP contribution in [0.5, 0.6) is 0 Å². The van der Waals surface area contributed by atoms with Crippen molar-refractivity contribution in [2.75, 3.05) is 80.5 Å². The minimum Gasteiger partial charge on any atom is -1.00 e. The molecule has 11 nitrogen and oxygen atoms in total. The summed E-state index contributed by atoms with van der Waals surface area (Å²) in [5, 5.41) is 11.8. The zero-order valence-electron chi connectivity index (χ0n) is 30.3. The molecule has 0 aliphatic heterocycles. The molecule has 0 saturated heterocycles. The van der Waals surface area contributed by atoms with E-state index in [4.69, 9.17) is 4.12 Å². The van der Waals surface area contributed by atoms with E-state index >= 15 is 0 Å². The lowest BCUT2D eigenvalue weighted by Gasteiger charge is -2.34. The minimum absolute atomic E-state index is 0. The van der Waals surface area contributed by atoms with E-state index in [0.29, 0.717) is 65.9 Å². The molecular formula is C33H73Br2N6O5Si2+. The van der Waals surface area contributed by atoms with Gasteiger partial charge in [0, 0.05) is 37.2 Å². The van der Waals surface area contributed by atoms with Gasteiger partial charge in [0.05, 0.1) is 47.8 Å². The van der Waals surface area contributed by atoms with Gasteiger partial charge in [-0.05, 0) is 65.0 Å². The van der Waals surface area contributed by atoms with Crippen LogP contribution in [0.1, 0.15) is 48.0 Å². The van der Waals surface area contributed by atoms with Crippen LogP contribution in [-0.4, -0.2) is 130 Å². The van der Waals surface area contributed by atoms with E-state index in [-0.39, 0.29) is 72.4 Å². The van der Waals surface area contributed by atoms with Crippen LogP contribution in [0.3, 0.4) is 0 Å². The molecule has 0 aliphatic rings. The third kappa shape index (κ3) is 29.5. The molecule has 286 valence electrons. The fourth-order valence-electron chi connectivity index (χ4n) is 4.86. The second-order valence-corrected chi connectivity index (χ2v) is 23.4. The lowest BCUT2D eigenvalue weighted by Crippen LogP contribution is -3.00. The number of halogens is 2. The number of carbonyl (C=O) groups excluding carboxylic acids is 4. The topological polar surface area (TPSA) is 126 Å². The number of rotatable bonds is 23. The molecule has 4 amide bonds. The van der Waals surface area contributed by atoms with Gasteiger partial charge in [0.1, 0.15) is 0 Å². The van der Waals surface area contributed by atoms with Crippen molar-refractivity contribution in [3.63, 3.8) is 0 Å².